The van der Waals surface area contributed by atoms with Gasteiger partial charge < -0.3 is 40.3 Å². The molecule has 0 aliphatic rings. The van der Waals surface area contributed by atoms with Gasteiger partial charge in [0.1, 0.15) is 0 Å². The van der Waals surface area contributed by atoms with E-state index in [1.54, 1.807) is 0 Å². The van der Waals surface area contributed by atoms with Gasteiger partial charge in [0.25, 0.3) is 0 Å². The van der Waals surface area contributed by atoms with Gasteiger partial charge in [-0.25, -0.2) is 15.3 Å². The number of hydrogen-bond acceptors (Lipinski definition) is 11. The number of hydrogen-bond donors (Lipinski definition) is 1. The van der Waals surface area contributed by atoms with E-state index >= 15 is 0 Å². The number of carbonyl (C=O) groups excluding carboxylic acids is 1. The Kier molecular flexibility index (Phi) is 35.1. The molecule has 0 bridgehead atoms. The number of aromatic nitrogens is 4. The van der Waals surface area contributed by atoms with Crippen LogP contribution in [0.1, 0.15) is 136 Å². The molecule has 0 fully saturated rings. The first-order chi connectivity index (χ1) is 26.2. The van der Waals surface area contributed by atoms with Crippen molar-refractivity contribution in [3.05, 3.63) is 95.6 Å². The van der Waals surface area contributed by atoms with Crippen LogP contribution in [0.25, 0.3) is 22.8 Å². The molecule has 0 radical (unpaired) electrons. The number of carboxylic acids is 2. The molecule has 0 saturated heterocycles. The van der Waals surface area contributed by atoms with E-state index < -0.39 is 11.9 Å². The first-order valence-electron chi connectivity index (χ1n) is 18.5. The van der Waals surface area contributed by atoms with Crippen LogP contribution >= 0.6 is 0 Å². The Labute approximate surface area is 379 Å². The van der Waals surface area contributed by atoms with E-state index in [-0.39, 0.29) is 71.6 Å². The number of nitriles is 2. The van der Waals surface area contributed by atoms with Crippen LogP contribution in [0.2, 0.25) is 0 Å². The van der Waals surface area contributed by atoms with E-state index in [1.165, 1.54) is 148 Å². The van der Waals surface area contributed by atoms with Crippen molar-refractivity contribution in [2.45, 2.75) is 117 Å². The van der Waals surface area contributed by atoms with Crippen LogP contribution in [0, 0.1) is 21.3 Å². The van der Waals surface area contributed by atoms with Crippen LogP contribution in [0.15, 0.2) is 73.3 Å². The van der Waals surface area contributed by atoms with E-state index in [9.17, 15) is 14.7 Å². The molecule has 14 heteroatoms. The van der Waals surface area contributed by atoms with Gasteiger partial charge in [-0.3, -0.25) is 19.9 Å². The summed E-state index contributed by atoms with van der Waals surface area (Å²) in [6.07, 6.45) is 27.9. The van der Waals surface area contributed by atoms with Crippen molar-refractivity contribution in [3.63, 3.8) is 0 Å². The van der Waals surface area contributed by atoms with Gasteiger partial charge >= 0.3 is 55.0 Å². The SMILES string of the molecule is CCCCCCCCCc1ccnc(-c2cc(CCCCCCCCC)ccn2)c1.N#C[S-].N#C[S-].O=C([O-])c1ccnc(-c2cc(C(=O)O)ccn2)c1.[Na+].[Ru+2]. The fraction of sp³-hybridized carbons (Fsp3) is 0.429. The second-order valence-corrected chi connectivity index (χ2v) is 12.8. The topological polar surface area (TPSA) is 177 Å². The average Bonchev–Trinajstić information content (AvgIpc) is 3.18. The maximum absolute atomic E-state index is 10.8. The zero-order valence-electron chi connectivity index (χ0n) is 32.8. The average molecular weight is 892 g/mol. The van der Waals surface area contributed by atoms with Crippen LogP contribution in [0.4, 0.5) is 0 Å². The molecule has 4 aromatic heterocycles. The molecule has 1 N–H and O–H groups in total. The Hall–Kier alpha value is -3.42. The Morgan fingerprint density at radius 2 is 0.893 bits per heavy atom. The van der Waals surface area contributed by atoms with E-state index in [4.69, 9.17) is 15.6 Å². The molecule has 294 valence electrons. The van der Waals surface area contributed by atoms with Gasteiger partial charge in [-0.2, -0.15) is 0 Å². The number of carboxylic acid groups (broad SMARTS) is 2. The minimum absolute atomic E-state index is 0. The van der Waals surface area contributed by atoms with Crippen molar-refractivity contribution in [2.24, 2.45) is 0 Å². The number of thiocyanates is 2. The van der Waals surface area contributed by atoms with Crippen LogP contribution in [0.3, 0.4) is 0 Å². The molecule has 0 aliphatic carbocycles. The zero-order chi connectivity index (χ0) is 39.8. The maximum Gasteiger partial charge on any atom is 2.00 e. The molecule has 0 saturated carbocycles. The van der Waals surface area contributed by atoms with Crippen molar-refractivity contribution < 1.29 is 68.8 Å². The molecule has 56 heavy (non-hydrogen) atoms. The number of pyridine rings is 4. The van der Waals surface area contributed by atoms with Gasteiger partial charge in [0, 0.05) is 30.4 Å². The number of aromatic carboxylic acids is 2. The van der Waals surface area contributed by atoms with Crippen LogP contribution in [0.5, 0.6) is 0 Å². The van der Waals surface area contributed by atoms with Gasteiger partial charge in [0.2, 0.25) is 0 Å². The smallest absolute Gasteiger partial charge is 0.696 e. The second kappa shape index (κ2) is 36.0. The van der Waals surface area contributed by atoms with E-state index in [1.807, 2.05) is 12.4 Å². The fourth-order valence-electron chi connectivity index (χ4n) is 5.51. The van der Waals surface area contributed by atoms with Crippen LogP contribution in [-0.2, 0) is 57.6 Å². The molecule has 4 aromatic rings. The van der Waals surface area contributed by atoms with E-state index in [0.29, 0.717) is 0 Å². The quantitative estimate of drug-likeness (QED) is 0.0477. The van der Waals surface area contributed by atoms with Gasteiger partial charge in [-0.15, -0.1) is 0 Å². The van der Waals surface area contributed by atoms with Crippen molar-refractivity contribution in [1.29, 1.82) is 10.5 Å². The van der Waals surface area contributed by atoms with Crippen LogP contribution in [-0.4, -0.2) is 37.0 Å². The number of unbranched alkanes of at least 4 members (excludes halogenated alkanes) is 12. The van der Waals surface area contributed by atoms with Gasteiger partial charge in [-0.05, 0) is 85.3 Å². The molecule has 0 spiro atoms. The monoisotopic (exact) mass is 892 g/mol. The summed E-state index contributed by atoms with van der Waals surface area (Å²) in [6.45, 7) is 4.56. The summed E-state index contributed by atoms with van der Waals surface area (Å²) < 4.78 is 0. The Morgan fingerprint density at radius 3 is 1.25 bits per heavy atom. The Bertz CT molecular complexity index is 1630. The van der Waals surface area contributed by atoms with Gasteiger partial charge in [-0.1, -0.05) is 102 Å². The number of rotatable bonds is 20. The molecular weight excluding hydrogens is 841 g/mol. The summed E-state index contributed by atoms with van der Waals surface area (Å²) in [5.74, 6) is -2.41. The number of aryl methyl sites for hydroxylation is 2. The minimum atomic E-state index is -1.33. The second-order valence-electron chi connectivity index (χ2n) is 12.5. The summed E-state index contributed by atoms with van der Waals surface area (Å²) in [5, 5.41) is 36.5. The minimum Gasteiger partial charge on any atom is -0.696 e. The van der Waals surface area contributed by atoms with Crippen molar-refractivity contribution in [3.8, 4) is 33.6 Å². The first kappa shape index (κ1) is 54.7. The number of nitrogens with zero attached hydrogens (tertiary/aromatic N) is 6. The van der Waals surface area contributed by atoms with Crippen molar-refractivity contribution >= 4 is 37.2 Å². The molecule has 0 amide bonds. The first-order valence-corrected chi connectivity index (χ1v) is 19.4. The van der Waals surface area contributed by atoms with Crippen LogP contribution < -0.4 is 34.7 Å². The molecule has 10 nitrogen and oxygen atoms in total. The third-order valence-electron chi connectivity index (χ3n) is 8.31. The molecule has 4 heterocycles. The summed E-state index contributed by atoms with van der Waals surface area (Å²) in [5.41, 5.74) is 5.43. The van der Waals surface area contributed by atoms with Crippen molar-refractivity contribution in [2.75, 3.05) is 0 Å². The van der Waals surface area contributed by atoms with Gasteiger partial charge in [0.05, 0.1) is 34.3 Å². The molecule has 0 atom stereocenters. The maximum atomic E-state index is 10.8. The normalized spacial score (nSPS) is 9.43. The van der Waals surface area contributed by atoms with E-state index in [0.717, 1.165) is 24.2 Å². The Morgan fingerprint density at radius 1 is 0.589 bits per heavy atom. The zero-order valence-corrected chi connectivity index (χ0v) is 38.1. The third kappa shape index (κ3) is 25.0. The van der Waals surface area contributed by atoms with Crippen molar-refractivity contribution in [1.82, 2.24) is 19.9 Å². The predicted octanol–water partition coefficient (Wildman–Crippen LogP) is 5.97. The molecule has 0 unspecified atom stereocenters. The molecular formula is C42H51N6NaO4RuS2. The predicted molar refractivity (Wildman–Crippen MR) is 216 cm³/mol. The summed E-state index contributed by atoms with van der Waals surface area (Å²) in [6, 6.07) is 14.1. The van der Waals surface area contributed by atoms with E-state index in [2.05, 4.69) is 83.3 Å². The number of carbonyl (C=O) groups is 2. The molecule has 0 aromatic carbocycles. The molecule has 0 aliphatic heterocycles. The largest absolute Gasteiger partial charge is 2.00 e. The Balaban J connectivity index is 0. The standard InChI is InChI=1S/C28H44N2.C12H8N2O4.2CHNS.Na.Ru/c1-3-5-7-9-11-13-15-17-25-19-21-29-27(23-25)28-24-26(20-22-30-28)18-16-14-12-10-8-6-4-2;15-11(16)7-1-3-13-9(5-7)10-6-8(12(17)18)2-4-14-10;2*2-1-3;;/h19-24H,3-18H2,1-2H3;1-6H,(H,15,16)(H,17,18);2*3H;;/q;;;;+1;+2/p-3. The third-order valence-corrected chi connectivity index (χ3v) is 8.31. The van der Waals surface area contributed by atoms with Gasteiger partial charge in [0.15, 0.2) is 0 Å². The summed E-state index contributed by atoms with van der Waals surface area (Å²) >= 11 is 7.40. The molecule has 4 rings (SSSR count). The summed E-state index contributed by atoms with van der Waals surface area (Å²) in [4.78, 5) is 38.6. The fourth-order valence-corrected chi connectivity index (χ4v) is 5.51. The summed E-state index contributed by atoms with van der Waals surface area (Å²) in [7, 11) is 0.